The van der Waals surface area contributed by atoms with Crippen molar-refractivity contribution in [1.29, 1.82) is 0 Å². The Hall–Kier alpha value is -0.810. The highest BCUT2D eigenvalue weighted by molar-refractivity contribution is 5.68. The molecule has 0 radical (unpaired) electrons. The molecule has 0 aliphatic heterocycles. The van der Waals surface area contributed by atoms with Gasteiger partial charge in [-0.2, -0.15) is 0 Å². The van der Waals surface area contributed by atoms with E-state index in [-0.39, 0.29) is 11.6 Å². The summed E-state index contributed by atoms with van der Waals surface area (Å²) in [5.41, 5.74) is -0.734. The van der Waals surface area contributed by atoms with E-state index in [1.807, 2.05) is 20.8 Å². The molecule has 1 amide bonds. The van der Waals surface area contributed by atoms with Gasteiger partial charge in [-0.05, 0) is 59.3 Å². The molecule has 2 N–H and O–H groups in total. The SMILES string of the molecule is CCC(CC)(CNC1CCCC(OC)C1)NC(=O)OC(C)(C)C. The standard InChI is InChI=1S/C18H36N2O3/c1-7-18(8-2,20-16(21)23-17(3,4)5)13-19-14-10-9-11-15(12-14)22-6/h14-15,19H,7-13H2,1-6H3,(H,20,21). The summed E-state index contributed by atoms with van der Waals surface area (Å²) in [7, 11) is 1.79. The van der Waals surface area contributed by atoms with E-state index in [4.69, 9.17) is 9.47 Å². The molecule has 1 aliphatic rings. The topological polar surface area (TPSA) is 59.6 Å². The van der Waals surface area contributed by atoms with Gasteiger partial charge in [0.1, 0.15) is 5.60 Å². The normalized spacial score (nSPS) is 22.7. The highest BCUT2D eigenvalue weighted by Gasteiger charge is 2.32. The third-order valence-electron chi connectivity index (χ3n) is 4.81. The first-order valence-electron chi connectivity index (χ1n) is 9.01. The fraction of sp³-hybridized carbons (Fsp3) is 0.944. The second-order valence-corrected chi connectivity index (χ2v) is 7.72. The zero-order valence-electron chi connectivity index (χ0n) is 15.8. The largest absolute Gasteiger partial charge is 0.444 e. The smallest absolute Gasteiger partial charge is 0.408 e. The number of ether oxygens (including phenoxy) is 2. The fourth-order valence-electron chi connectivity index (χ4n) is 3.13. The number of carbonyl (C=O) groups is 1. The van der Waals surface area contributed by atoms with Crippen LogP contribution in [-0.4, -0.2) is 43.0 Å². The van der Waals surface area contributed by atoms with Gasteiger partial charge in [-0.15, -0.1) is 0 Å². The van der Waals surface area contributed by atoms with E-state index in [9.17, 15) is 4.79 Å². The molecule has 0 aromatic carbocycles. The minimum Gasteiger partial charge on any atom is -0.444 e. The molecular weight excluding hydrogens is 292 g/mol. The molecule has 136 valence electrons. The van der Waals surface area contributed by atoms with Crippen molar-refractivity contribution in [3.05, 3.63) is 0 Å². The van der Waals surface area contributed by atoms with Crippen LogP contribution in [-0.2, 0) is 9.47 Å². The van der Waals surface area contributed by atoms with E-state index < -0.39 is 5.60 Å². The summed E-state index contributed by atoms with van der Waals surface area (Å²) in [6, 6.07) is 0.464. The van der Waals surface area contributed by atoms with Gasteiger partial charge in [-0.3, -0.25) is 0 Å². The molecule has 1 rings (SSSR count). The number of alkyl carbamates (subject to hydrolysis) is 1. The highest BCUT2D eigenvalue weighted by atomic mass is 16.6. The minimum absolute atomic E-state index is 0.262. The molecule has 5 heteroatoms. The lowest BCUT2D eigenvalue weighted by Crippen LogP contribution is -2.56. The van der Waals surface area contributed by atoms with Crippen LogP contribution in [0.2, 0.25) is 0 Å². The number of carbonyl (C=O) groups excluding carboxylic acids is 1. The molecule has 0 aromatic heterocycles. The molecule has 1 aliphatic carbocycles. The van der Waals surface area contributed by atoms with Crippen LogP contribution >= 0.6 is 0 Å². The first-order chi connectivity index (χ1) is 10.7. The molecule has 0 spiro atoms. The van der Waals surface area contributed by atoms with Crippen molar-refractivity contribution in [3.63, 3.8) is 0 Å². The lowest BCUT2D eigenvalue weighted by atomic mass is 9.89. The molecule has 0 aromatic rings. The monoisotopic (exact) mass is 328 g/mol. The van der Waals surface area contributed by atoms with Gasteiger partial charge in [0, 0.05) is 19.7 Å². The van der Waals surface area contributed by atoms with Crippen molar-refractivity contribution in [3.8, 4) is 0 Å². The predicted molar refractivity (Wildman–Crippen MR) is 93.7 cm³/mol. The third kappa shape index (κ3) is 7.08. The lowest BCUT2D eigenvalue weighted by Gasteiger charge is -2.37. The lowest BCUT2D eigenvalue weighted by molar-refractivity contribution is 0.0421. The number of rotatable bonds is 7. The van der Waals surface area contributed by atoms with Crippen molar-refractivity contribution in [2.45, 2.75) is 96.4 Å². The molecule has 0 saturated heterocycles. The van der Waals surface area contributed by atoms with Crippen molar-refractivity contribution in [2.75, 3.05) is 13.7 Å². The molecule has 0 heterocycles. The van der Waals surface area contributed by atoms with E-state index in [1.165, 1.54) is 12.8 Å². The Balaban J connectivity index is 2.57. The molecule has 1 saturated carbocycles. The highest BCUT2D eigenvalue weighted by Crippen LogP contribution is 2.22. The summed E-state index contributed by atoms with van der Waals surface area (Å²) >= 11 is 0. The Morgan fingerprint density at radius 2 is 1.83 bits per heavy atom. The quantitative estimate of drug-likeness (QED) is 0.749. The van der Waals surface area contributed by atoms with Gasteiger partial charge >= 0.3 is 6.09 Å². The molecule has 1 fully saturated rings. The van der Waals surface area contributed by atoms with E-state index in [0.717, 1.165) is 32.2 Å². The van der Waals surface area contributed by atoms with Crippen LogP contribution in [0.15, 0.2) is 0 Å². The number of amides is 1. The van der Waals surface area contributed by atoms with Gasteiger partial charge < -0.3 is 20.1 Å². The predicted octanol–water partition coefficient (Wildman–Crippen LogP) is 3.62. The molecule has 0 bridgehead atoms. The Morgan fingerprint density at radius 1 is 1.17 bits per heavy atom. The summed E-state index contributed by atoms with van der Waals surface area (Å²) in [5, 5.41) is 6.74. The fourth-order valence-corrected chi connectivity index (χ4v) is 3.13. The van der Waals surface area contributed by atoms with Crippen LogP contribution in [0.4, 0.5) is 4.79 Å². The number of hydrogen-bond donors (Lipinski definition) is 2. The van der Waals surface area contributed by atoms with Crippen LogP contribution in [0.25, 0.3) is 0 Å². The van der Waals surface area contributed by atoms with E-state index in [1.54, 1.807) is 7.11 Å². The van der Waals surface area contributed by atoms with Gasteiger partial charge in [0.15, 0.2) is 0 Å². The Morgan fingerprint density at radius 3 is 2.35 bits per heavy atom. The van der Waals surface area contributed by atoms with Crippen molar-refractivity contribution in [1.82, 2.24) is 10.6 Å². The zero-order valence-corrected chi connectivity index (χ0v) is 15.8. The van der Waals surface area contributed by atoms with E-state index in [2.05, 4.69) is 24.5 Å². The second-order valence-electron chi connectivity index (χ2n) is 7.72. The molecule has 2 atom stereocenters. The van der Waals surface area contributed by atoms with Gasteiger partial charge in [0.05, 0.1) is 11.6 Å². The summed E-state index contributed by atoms with van der Waals surface area (Å²) in [5.74, 6) is 0. The second kappa shape index (κ2) is 8.88. The number of methoxy groups -OCH3 is 1. The number of nitrogens with one attached hydrogen (secondary N) is 2. The van der Waals surface area contributed by atoms with Gasteiger partial charge in [-0.25, -0.2) is 4.79 Å². The van der Waals surface area contributed by atoms with Crippen LogP contribution in [0.3, 0.4) is 0 Å². The van der Waals surface area contributed by atoms with Crippen molar-refractivity contribution >= 4 is 6.09 Å². The molecule has 5 nitrogen and oxygen atoms in total. The van der Waals surface area contributed by atoms with Gasteiger partial charge in [-0.1, -0.05) is 13.8 Å². The average molecular weight is 328 g/mol. The van der Waals surface area contributed by atoms with E-state index in [0.29, 0.717) is 12.1 Å². The maximum absolute atomic E-state index is 12.2. The molecular formula is C18H36N2O3. The van der Waals surface area contributed by atoms with Crippen LogP contribution in [0, 0.1) is 0 Å². The first-order valence-corrected chi connectivity index (χ1v) is 9.01. The summed E-state index contributed by atoms with van der Waals surface area (Å²) in [4.78, 5) is 12.2. The van der Waals surface area contributed by atoms with Crippen LogP contribution in [0.5, 0.6) is 0 Å². The van der Waals surface area contributed by atoms with Crippen molar-refractivity contribution < 1.29 is 14.3 Å². The summed E-state index contributed by atoms with van der Waals surface area (Å²) in [6.45, 7) is 10.6. The molecule has 23 heavy (non-hydrogen) atoms. The number of hydrogen-bond acceptors (Lipinski definition) is 4. The summed E-state index contributed by atoms with van der Waals surface area (Å²) < 4.78 is 10.9. The Kier molecular flexibility index (Phi) is 7.81. The third-order valence-corrected chi connectivity index (χ3v) is 4.81. The minimum atomic E-state index is -0.472. The van der Waals surface area contributed by atoms with E-state index >= 15 is 0 Å². The Bertz CT molecular complexity index is 362. The van der Waals surface area contributed by atoms with Gasteiger partial charge in [0.25, 0.3) is 0 Å². The van der Waals surface area contributed by atoms with Crippen molar-refractivity contribution in [2.24, 2.45) is 0 Å². The summed E-state index contributed by atoms with van der Waals surface area (Å²) in [6.07, 6.45) is 6.34. The Labute approximate surface area is 141 Å². The average Bonchev–Trinajstić information content (AvgIpc) is 2.50. The van der Waals surface area contributed by atoms with Crippen LogP contribution in [0.1, 0.15) is 73.1 Å². The van der Waals surface area contributed by atoms with Crippen LogP contribution < -0.4 is 10.6 Å². The maximum Gasteiger partial charge on any atom is 0.408 e. The zero-order chi connectivity index (χ0) is 17.5. The first kappa shape index (κ1) is 20.2. The maximum atomic E-state index is 12.2. The van der Waals surface area contributed by atoms with Gasteiger partial charge in [0.2, 0.25) is 0 Å². The molecule has 2 unspecified atom stereocenters.